The maximum Gasteiger partial charge on any atom is 0.230 e. The second kappa shape index (κ2) is 12.1. The van der Waals surface area contributed by atoms with Crippen LogP contribution in [0.25, 0.3) is 0 Å². The number of anilines is 2. The molecule has 0 aromatic heterocycles. The molecular formula is C32H42N2O2. The van der Waals surface area contributed by atoms with Crippen LogP contribution in [0.1, 0.15) is 89.9 Å². The Labute approximate surface area is 217 Å². The summed E-state index contributed by atoms with van der Waals surface area (Å²) in [5.41, 5.74) is 2.07. The maximum absolute atomic E-state index is 13.8. The van der Waals surface area contributed by atoms with Gasteiger partial charge in [0.25, 0.3) is 0 Å². The molecule has 3 fully saturated rings. The van der Waals surface area contributed by atoms with Crippen LogP contribution < -0.4 is 9.80 Å². The van der Waals surface area contributed by atoms with Gasteiger partial charge in [-0.1, -0.05) is 74.9 Å². The topological polar surface area (TPSA) is 40.6 Å². The van der Waals surface area contributed by atoms with Gasteiger partial charge in [-0.25, -0.2) is 0 Å². The van der Waals surface area contributed by atoms with Gasteiger partial charge in [-0.15, -0.1) is 0 Å². The highest BCUT2D eigenvalue weighted by atomic mass is 16.2. The number of hydrogen-bond acceptors (Lipinski definition) is 2. The molecule has 0 atom stereocenters. The van der Waals surface area contributed by atoms with Crippen LogP contribution in [0.4, 0.5) is 11.4 Å². The molecule has 4 nitrogen and oxygen atoms in total. The third-order valence-corrected chi connectivity index (χ3v) is 8.85. The normalized spacial score (nSPS) is 23.7. The zero-order valence-electron chi connectivity index (χ0n) is 21.7. The molecule has 0 unspecified atom stereocenters. The van der Waals surface area contributed by atoms with Gasteiger partial charge in [0.2, 0.25) is 11.8 Å². The Morgan fingerprint density at radius 2 is 0.806 bits per heavy atom. The molecule has 3 aliphatic carbocycles. The first-order chi connectivity index (χ1) is 17.7. The number of carbonyl (C=O) groups excluding carboxylic acids is 2. The Balaban J connectivity index is 1.34. The van der Waals surface area contributed by atoms with Gasteiger partial charge >= 0.3 is 0 Å². The van der Waals surface area contributed by atoms with Crippen LogP contribution in [0.5, 0.6) is 0 Å². The van der Waals surface area contributed by atoms with Crippen molar-refractivity contribution in [1.29, 1.82) is 0 Å². The Kier molecular flexibility index (Phi) is 8.40. The van der Waals surface area contributed by atoms with Gasteiger partial charge in [-0.2, -0.15) is 0 Å². The van der Waals surface area contributed by atoms with Crippen LogP contribution in [0.2, 0.25) is 0 Å². The van der Waals surface area contributed by atoms with Crippen molar-refractivity contribution in [3.8, 4) is 0 Å². The third-order valence-electron chi connectivity index (χ3n) is 8.85. The van der Waals surface area contributed by atoms with E-state index in [1.54, 1.807) is 0 Å². The SMILES string of the molecule is O=C(C1CCCCC1)N(c1ccccc1)C1CCC(N(C(=O)C2CCCCC2)c2ccccc2)CC1. The lowest BCUT2D eigenvalue weighted by Crippen LogP contribution is -2.51. The minimum atomic E-state index is 0.158. The lowest BCUT2D eigenvalue weighted by molar-refractivity contribution is -0.125. The van der Waals surface area contributed by atoms with Crippen LogP contribution >= 0.6 is 0 Å². The summed E-state index contributed by atoms with van der Waals surface area (Å²) in [5.74, 6) is 0.959. The van der Waals surface area contributed by atoms with E-state index in [1.807, 2.05) is 36.4 Å². The highest BCUT2D eigenvalue weighted by Crippen LogP contribution is 2.37. The van der Waals surface area contributed by atoms with Crippen molar-refractivity contribution in [3.63, 3.8) is 0 Å². The molecular weight excluding hydrogens is 444 g/mol. The summed E-state index contributed by atoms with van der Waals surface area (Å²) < 4.78 is 0. The number of carbonyl (C=O) groups is 2. The first kappa shape index (κ1) is 25.0. The second-order valence-electron chi connectivity index (χ2n) is 11.2. The van der Waals surface area contributed by atoms with E-state index >= 15 is 0 Å². The summed E-state index contributed by atoms with van der Waals surface area (Å²) in [5, 5.41) is 0. The average Bonchev–Trinajstić information content (AvgIpc) is 2.96. The van der Waals surface area contributed by atoms with Crippen LogP contribution in [0, 0.1) is 11.8 Å². The molecule has 0 radical (unpaired) electrons. The zero-order valence-corrected chi connectivity index (χ0v) is 21.7. The first-order valence-corrected chi connectivity index (χ1v) is 14.5. The third kappa shape index (κ3) is 5.68. The molecule has 192 valence electrons. The van der Waals surface area contributed by atoms with Crippen molar-refractivity contribution in [2.45, 2.75) is 102 Å². The van der Waals surface area contributed by atoms with Crippen molar-refractivity contribution in [3.05, 3.63) is 60.7 Å². The van der Waals surface area contributed by atoms with E-state index in [2.05, 4.69) is 34.1 Å². The van der Waals surface area contributed by atoms with Gasteiger partial charge in [0.1, 0.15) is 0 Å². The minimum absolute atomic E-state index is 0.158. The number of rotatable bonds is 6. The summed E-state index contributed by atoms with van der Waals surface area (Å²) in [4.78, 5) is 31.9. The van der Waals surface area contributed by atoms with Crippen molar-refractivity contribution in [2.24, 2.45) is 11.8 Å². The van der Waals surface area contributed by atoms with Crippen LogP contribution in [0.3, 0.4) is 0 Å². The predicted molar refractivity (Wildman–Crippen MR) is 147 cm³/mol. The molecule has 0 saturated heterocycles. The lowest BCUT2D eigenvalue weighted by Gasteiger charge is -2.43. The monoisotopic (exact) mass is 486 g/mol. The molecule has 3 aliphatic rings. The Bertz CT molecular complexity index is 890. The number of nitrogens with zero attached hydrogens (tertiary/aromatic N) is 2. The number of benzene rings is 2. The molecule has 5 rings (SSSR count). The van der Waals surface area contributed by atoms with Crippen molar-refractivity contribution >= 4 is 23.2 Å². The van der Waals surface area contributed by atoms with Crippen molar-refractivity contribution in [1.82, 2.24) is 0 Å². The van der Waals surface area contributed by atoms with Gasteiger partial charge in [-0.3, -0.25) is 9.59 Å². The fraction of sp³-hybridized carbons (Fsp3) is 0.562. The van der Waals surface area contributed by atoms with Gasteiger partial charge in [-0.05, 0) is 75.6 Å². The Morgan fingerprint density at radius 3 is 1.14 bits per heavy atom. The highest BCUT2D eigenvalue weighted by Gasteiger charge is 2.38. The molecule has 0 N–H and O–H groups in total. The van der Waals surface area contributed by atoms with E-state index in [9.17, 15) is 9.59 Å². The van der Waals surface area contributed by atoms with Gasteiger partial charge < -0.3 is 9.80 Å². The van der Waals surface area contributed by atoms with E-state index < -0.39 is 0 Å². The fourth-order valence-corrected chi connectivity index (χ4v) is 6.88. The minimum Gasteiger partial charge on any atom is -0.309 e. The highest BCUT2D eigenvalue weighted by molar-refractivity contribution is 5.96. The Morgan fingerprint density at radius 1 is 0.472 bits per heavy atom. The summed E-state index contributed by atoms with van der Waals surface area (Å²) >= 11 is 0. The molecule has 0 spiro atoms. The van der Waals surface area contributed by atoms with Crippen molar-refractivity contribution < 1.29 is 9.59 Å². The van der Waals surface area contributed by atoms with Gasteiger partial charge in [0.15, 0.2) is 0 Å². The number of hydrogen-bond donors (Lipinski definition) is 0. The summed E-state index contributed by atoms with van der Waals surface area (Å²) in [7, 11) is 0. The molecule has 0 aliphatic heterocycles. The predicted octanol–water partition coefficient (Wildman–Crippen LogP) is 7.52. The van der Waals surface area contributed by atoms with Crippen LogP contribution in [0.15, 0.2) is 60.7 Å². The van der Waals surface area contributed by atoms with Crippen molar-refractivity contribution in [2.75, 3.05) is 9.80 Å². The number of amides is 2. The maximum atomic E-state index is 13.8. The van der Waals surface area contributed by atoms with E-state index in [0.717, 1.165) is 62.7 Å². The molecule has 4 heteroatoms. The molecule has 0 heterocycles. The van der Waals surface area contributed by atoms with Crippen LogP contribution in [-0.4, -0.2) is 23.9 Å². The molecule has 36 heavy (non-hydrogen) atoms. The largest absolute Gasteiger partial charge is 0.309 e. The van der Waals surface area contributed by atoms with Crippen LogP contribution in [-0.2, 0) is 9.59 Å². The molecule has 0 bridgehead atoms. The lowest BCUT2D eigenvalue weighted by atomic mass is 9.84. The molecule has 2 aromatic rings. The summed E-state index contributed by atoms with van der Waals surface area (Å²) in [6.07, 6.45) is 15.0. The molecule has 2 amide bonds. The second-order valence-corrected chi connectivity index (χ2v) is 11.2. The fourth-order valence-electron chi connectivity index (χ4n) is 6.88. The Hall–Kier alpha value is -2.62. The first-order valence-electron chi connectivity index (χ1n) is 14.5. The van der Waals surface area contributed by atoms with E-state index in [1.165, 1.54) is 38.5 Å². The van der Waals surface area contributed by atoms with Gasteiger partial charge in [0.05, 0.1) is 0 Å². The van der Waals surface area contributed by atoms with Gasteiger partial charge in [0, 0.05) is 35.3 Å². The zero-order chi connectivity index (χ0) is 24.7. The number of para-hydroxylation sites is 2. The van der Waals surface area contributed by atoms with E-state index in [0.29, 0.717) is 11.8 Å². The quantitative estimate of drug-likeness (QED) is 0.423. The summed E-state index contributed by atoms with van der Waals surface area (Å²) in [6, 6.07) is 21.0. The molecule has 2 aromatic carbocycles. The smallest absolute Gasteiger partial charge is 0.230 e. The standard InChI is InChI=1S/C32H42N2O2/c35-31(25-13-5-1-6-14-25)33(27-17-9-3-10-18-27)29-21-23-30(24-22-29)34(28-19-11-4-12-20-28)32(36)26-15-7-2-8-16-26/h3-4,9-12,17-20,25-26,29-30H,1-2,5-8,13-16,21-24H2. The van der Waals surface area contributed by atoms with E-state index in [4.69, 9.17) is 0 Å². The molecule has 3 saturated carbocycles. The van der Waals surface area contributed by atoms with E-state index in [-0.39, 0.29) is 23.9 Å². The average molecular weight is 487 g/mol. The summed E-state index contributed by atoms with van der Waals surface area (Å²) in [6.45, 7) is 0.